The number of para-hydroxylation sites is 2. The second kappa shape index (κ2) is 8.51. The van der Waals surface area contributed by atoms with Crippen molar-refractivity contribution in [3.05, 3.63) is 70.5 Å². The highest BCUT2D eigenvalue weighted by Crippen LogP contribution is 2.23. The van der Waals surface area contributed by atoms with Crippen molar-refractivity contribution in [1.29, 1.82) is 0 Å². The molecule has 2 amide bonds. The Morgan fingerprint density at radius 2 is 2.07 bits per heavy atom. The number of hydrogen-bond donors (Lipinski definition) is 1. The molecule has 3 aromatic rings. The maximum atomic E-state index is 12.4. The number of aryl methyl sites for hydroxylation is 1. The quantitative estimate of drug-likeness (QED) is 0.383. The van der Waals surface area contributed by atoms with E-state index in [0.29, 0.717) is 6.54 Å². The fourth-order valence-electron chi connectivity index (χ4n) is 3.06. The van der Waals surface area contributed by atoms with E-state index in [1.165, 1.54) is 12.1 Å². The van der Waals surface area contributed by atoms with Gasteiger partial charge in [0, 0.05) is 32.3 Å². The fourth-order valence-corrected chi connectivity index (χ4v) is 3.06. The summed E-state index contributed by atoms with van der Waals surface area (Å²) in [6.07, 6.45) is 2.58. The van der Waals surface area contributed by atoms with Gasteiger partial charge in [-0.15, -0.1) is 0 Å². The molecular weight excluding hydrogens is 358 g/mol. The lowest BCUT2D eigenvalue weighted by Gasteiger charge is -2.25. The minimum absolute atomic E-state index is 0.0192. The molecule has 0 spiro atoms. The minimum Gasteiger partial charge on any atom is -0.338 e. The van der Waals surface area contributed by atoms with Crippen LogP contribution in [0.1, 0.15) is 24.9 Å². The number of hydrogen-bond acceptors (Lipinski definition) is 4. The number of nitro groups is 1. The lowest BCUT2D eigenvalue weighted by atomic mass is 10.1. The molecule has 1 aromatic heterocycles. The number of rotatable bonds is 7. The Bertz CT molecular complexity index is 985. The van der Waals surface area contributed by atoms with E-state index < -0.39 is 4.92 Å². The van der Waals surface area contributed by atoms with Crippen molar-refractivity contribution in [1.82, 2.24) is 19.8 Å². The smallest absolute Gasteiger partial charge is 0.317 e. The third-order valence-corrected chi connectivity index (χ3v) is 4.84. The van der Waals surface area contributed by atoms with Gasteiger partial charge in [-0.3, -0.25) is 10.1 Å². The summed E-state index contributed by atoms with van der Waals surface area (Å²) >= 11 is 0. The Kier molecular flexibility index (Phi) is 5.88. The van der Waals surface area contributed by atoms with Crippen molar-refractivity contribution in [2.24, 2.45) is 0 Å². The summed E-state index contributed by atoms with van der Waals surface area (Å²) < 4.78 is 2.07. The number of benzene rings is 2. The lowest BCUT2D eigenvalue weighted by molar-refractivity contribution is -0.384. The predicted octanol–water partition coefficient (Wildman–Crippen LogP) is 3.74. The second-order valence-corrected chi connectivity index (χ2v) is 6.65. The maximum absolute atomic E-state index is 12.4. The van der Waals surface area contributed by atoms with Crippen LogP contribution in [-0.4, -0.2) is 39.0 Å². The molecular formula is C20H23N5O3. The molecule has 3 rings (SSSR count). The van der Waals surface area contributed by atoms with Gasteiger partial charge in [0.1, 0.15) is 0 Å². The van der Waals surface area contributed by atoms with Crippen LogP contribution in [0.15, 0.2) is 54.9 Å². The number of urea groups is 1. The molecule has 1 heterocycles. The monoisotopic (exact) mass is 381 g/mol. The molecule has 8 heteroatoms. The van der Waals surface area contributed by atoms with Crippen molar-refractivity contribution in [3.8, 4) is 0 Å². The van der Waals surface area contributed by atoms with E-state index in [9.17, 15) is 14.9 Å². The van der Waals surface area contributed by atoms with Crippen molar-refractivity contribution >= 4 is 22.8 Å². The average Bonchev–Trinajstić information content (AvgIpc) is 3.13. The van der Waals surface area contributed by atoms with Crippen molar-refractivity contribution in [2.75, 3.05) is 13.6 Å². The first-order valence-electron chi connectivity index (χ1n) is 9.12. The first-order chi connectivity index (χ1) is 13.5. The summed E-state index contributed by atoms with van der Waals surface area (Å²) in [6.45, 7) is 3.12. The molecule has 0 bridgehead atoms. The topological polar surface area (TPSA) is 93.3 Å². The van der Waals surface area contributed by atoms with Gasteiger partial charge in [-0.25, -0.2) is 9.78 Å². The van der Waals surface area contributed by atoms with Crippen LogP contribution in [0.5, 0.6) is 0 Å². The number of carbonyl (C=O) groups is 1. The zero-order valence-corrected chi connectivity index (χ0v) is 15.9. The number of amides is 2. The summed E-state index contributed by atoms with van der Waals surface area (Å²) in [4.78, 5) is 28.8. The van der Waals surface area contributed by atoms with Crippen LogP contribution in [0.25, 0.3) is 11.0 Å². The lowest BCUT2D eigenvalue weighted by Crippen LogP contribution is -2.39. The Labute approximate surface area is 162 Å². The number of carbonyl (C=O) groups excluding carboxylic acids is 1. The summed E-state index contributed by atoms with van der Waals surface area (Å²) in [5, 5.41) is 13.8. The molecule has 0 aliphatic heterocycles. The van der Waals surface area contributed by atoms with Gasteiger partial charge in [-0.1, -0.05) is 24.3 Å². The number of nitrogens with one attached hydrogen (secondary N) is 1. The van der Waals surface area contributed by atoms with Gasteiger partial charge >= 0.3 is 6.03 Å². The molecule has 0 saturated heterocycles. The Morgan fingerprint density at radius 1 is 1.29 bits per heavy atom. The molecule has 0 aliphatic carbocycles. The van der Waals surface area contributed by atoms with E-state index in [-0.39, 0.29) is 17.8 Å². The number of nitrogens with zero attached hydrogens (tertiary/aromatic N) is 4. The van der Waals surface area contributed by atoms with Crippen LogP contribution in [-0.2, 0) is 6.54 Å². The molecule has 0 fully saturated rings. The molecule has 2 aromatic carbocycles. The van der Waals surface area contributed by atoms with E-state index in [2.05, 4.69) is 14.9 Å². The Morgan fingerprint density at radius 3 is 2.86 bits per heavy atom. The Balaban J connectivity index is 1.51. The molecule has 1 N–H and O–H groups in total. The standard InChI is InChI=1S/C20H23N5O3/c1-15(16-7-5-8-17(13-16)25(27)28)23(2)20(26)21-11-6-12-24-14-22-18-9-3-4-10-19(18)24/h3-5,7-10,13-15H,6,11-12H2,1-2H3,(H,21,26). The SMILES string of the molecule is CC(c1cccc([N+](=O)[O-])c1)N(C)C(=O)NCCCn1cnc2ccccc21. The zero-order chi connectivity index (χ0) is 20.1. The van der Waals surface area contributed by atoms with Gasteiger partial charge in [-0.05, 0) is 31.0 Å². The Hall–Kier alpha value is -3.42. The summed E-state index contributed by atoms with van der Waals surface area (Å²) in [5.74, 6) is 0. The third-order valence-electron chi connectivity index (χ3n) is 4.84. The number of aromatic nitrogens is 2. The van der Waals surface area contributed by atoms with Crippen molar-refractivity contribution in [2.45, 2.75) is 25.9 Å². The summed E-state index contributed by atoms with van der Waals surface area (Å²) in [7, 11) is 1.68. The number of fused-ring (bicyclic) bond motifs is 1. The normalized spacial score (nSPS) is 11.9. The molecule has 28 heavy (non-hydrogen) atoms. The number of imidazole rings is 1. The molecule has 8 nitrogen and oxygen atoms in total. The molecule has 0 radical (unpaired) electrons. The molecule has 1 atom stereocenters. The van der Waals surface area contributed by atoms with Gasteiger partial charge in [0.15, 0.2) is 0 Å². The maximum Gasteiger partial charge on any atom is 0.317 e. The summed E-state index contributed by atoms with van der Waals surface area (Å²) in [6, 6.07) is 13.8. The van der Waals surface area contributed by atoms with E-state index in [4.69, 9.17) is 0 Å². The van der Waals surface area contributed by atoms with Gasteiger partial charge in [-0.2, -0.15) is 0 Å². The first-order valence-corrected chi connectivity index (χ1v) is 9.12. The van der Waals surface area contributed by atoms with Crippen molar-refractivity contribution in [3.63, 3.8) is 0 Å². The molecule has 146 valence electrons. The van der Waals surface area contributed by atoms with Gasteiger partial charge in [0.2, 0.25) is 0 Å². The second-order valence-electron chi connectivity index (χ2n) is 6.65. The third kappa shape index (κ3) is 4.28. The van der Waals surface area contributed by atoms with Crippen LogP contribution in [0.2, 0.25) is 0 Å². The zero-order valence-electron chi connectivity index (χ0n) is 15.9. The number of non-ortho nitro benzene ring substituents is 1. The van der Waals surface area contributed by atoms with Crippen molar-refractivity contribution < 1.29 is 9.72 Å². The van der Waals surface area contributed by atoms with E-state index in [0.717, 1.165) is 29.6 Å². The molecule has 0 saturated carbocycles. The van der Waals surface area contributed by atoms with Crippen LogP contribution in [0, 0.1) is 10.1 Å². The number of nitro benzene ring substituents is 1. The predicted molar refractivity (Wildman–Crippen MR) is 107 cm³/mol. The molecule has 0 aliphatic rings. The highest BCUT2D eigenvalue weighted by atomic mass is 16.6. The minimum atomic E-state index is -0.434. The van der Waals surface area contributed by atoms with Crippen LogP contribution < -0.4 is 5.32 Å². The van der Waals surface area contributed by atoms with Gasteiger partial charge in [0.25, 0.3) is 5.69 Å². The van der Waals surface area contributed by atoms with Crippen LogP contribution >= 0.6 is 0 Å². The van der Waals surface area contributed by atoms with Crippen LogP contribution in [0.4, 0.5) is 10.5 Å². The fraction of sp³-hybridized carbons (Fsp3) is 0.300. The van der Waals surface area contributed by atoms with Gasteiger partial charge in [0.05, 0.1) is 28.3 Å². The average molecular weight is 381 g/mol. The highest BCUT2D eigenvalue weighted by molar-refractivity contribution is 5.75. The van der Waals surface area contributed by atoms with Crippen LogP contribution in [0.3, 0.4) is 0 Å². The van der Waals surface area contributed by atoms with E-state index >= 15 is 0 Å². The summed E-state index contributed by atoms with van der Waals surface area (Å²) in [5.41, 5.74) is 2.77. The largest absolute Gasteiger partial charge is 0.338 e. The van der Waals surface area contributed by atoms with E-state index in [1.54, 1.807) is 24.1 Å². The van der Waals surface area contributed by atoms with Gasteiger partial charge < -0.3 is 14.8 Å². The first kappa shape index (κ1) is 19.3. The van der Waals surface area contributed by atoms with E-state index in [1.807, 2.05) is 37.5 Å². The molecule has 1 unspecified atom stereocenters. The highest BCUT2D eigenvalue weighted by Gasteiger charge is 2.19.